The van der Waals surface area contributed by atoms with Crippen LogP contribution in [-0.2, 0) is 4.79 Å². The fraction of sp³-hybridized carbons (Fsp3) is 0.632. The Morgan fingerprint density at radius 1 is 1.08 bits per heavy atom. The molecule has 1 aromatic carbocycles. The van der Waals surface area contributed by atoms with E-state index in [0.29, 0.717) is 6.61 Å². The topological polar surface area (TPSA) is 54.0 Å². The van der Waals surface area contributed by atoms with Gasteiger partial charge in [-0.2, -0.15) is 0 Å². The molecule has 1 saturated heterocycles. The summed E-state index contributed by atoms with van der Waals surface area (Å²) in [7, 11) is 1.66. The van der Waals surface area contributed by atoms with Crippen molar-refractivity contribution in [2.75, 3.05) is 46.4 Å². The highest BCUT2D eigenvalue weighted by Crippen LogP contribution is 2.17. The van der Waals surface area contributed by atoms with Gasteiger partial charge in [0.25, 0.3) is 0 Å². The highest BCUT2D eigenvalue weighted by Gasteiger charge is 2.25. The Morgan fingerprint density at radius 2 is 1.68 bits per heavy atom. The number of carbonyl (C=O) groups is 1. The van der Waals surface area contributed by atoms with Crippen LogP contribution in [0.3, 0.4) is 0 Å². The minimum Gasteiger partial charge on any atom is -0.497 e. The van der Waals surface area contributed by atoms with Crippen LogP contribution in [-0.4, -0.2) is 74.2 Å². The number of nitrogens with one attached hydrogen (secondary N) is 1. The average Bonchev–Trinajstić information content (AvgIpc) is 2.61. The first-order valence-corrected chi connectivity index (χ1v) is 9.03. The Balaban J connectivity index is 1.67. The number of benzene rings is 1. The van der Waals surface area contributed by atoms with Crippen LogP contribution in [0.25, 0.3) is 0 Å². The molecule has 1 aliphatic rings. The molecule has 6 nitrogen and oxygen atoms in total. The molecule has 1 aliphatic heterocycles. The van der Waals surface area contributed by atoms with E-state index in [1.807, 2.05) is 45.0 Å². The Hall–Kier alpha value is -1.79. The Labute approximate surface area is 151 Å². The predicted molar refractivity (Wildman–Crippen MR) is 99.2 cm³/mol. The lowest BCUT2D eigenvalue weighted by molar-refractivity contribution is -0.127. The largest absolute Gasteiger partial charge is 0.497 e. The first-order valence-electron chi connectivity index (χ1n) is 9.03. The monoisotopic (exact) mass is 349 g/mol. The molecule has 1 aromatic rings. The summed E-state index contributed by atoms with van der Waals surface area (Å²) in [5, 5.41) is 2.99. The van der Waals surface area contributed by atoms with E-state index >= 15 is 0 Å². The van der Waals surface area contributed by atoms with Crippen LogP contribution in [0, 0.1) is 0 Å². The fourth-order valence-corrected chi connectivity index (χ4v) is 2.91. The second kappa shape index (κ2) is 9.63. The molecule has 2 rings (SSSR count). The number of ether oxygens (including phenoxy) is 2. The summed E-state index contributed by atoms with van der Waals surface area (Å²) in [6, 6.07) is 7.76. The maximum atomic E-state index is 12.1. The number of hydrogen-bond donors (Lipinski definition) is 1. The first kappa shape index (κ1) is 19.5. The Morgan fingerprint density at radius 3 is 2.24 bits per heavy atom. The molecule has 1 N–H and O–H groups in total. The summed E-state index contributed by atoms with van der Waals surface area (Å²) in [5.41, 5.74) is 0. The molecule has 25 heavy (non-hydrogen) atoms. The number of methoxy groups -OCH3 is 1. The summed E-state index contributed by atoms with van der Waals surface area (Å²) >= 11 is 0. The van der Waals surface area contributed by atoms with Crippen molar-refractivity contribution >= 4 is 5.91 Å². The van der Waals surface area contributed by atoms with E-state index < -0.39 is 0 Å². The van der Waals surface area contributed by atoms with Gasteiger partial charge in [-0.3, -0.25) is 14.6 Å². The van der Waals surface area contributed by atoms with Gasteiger partial charge < -0.3 is 14.8 Å². The van der Waals surface area contributed by atoms with E-state index in [1.54, 1.807) is 7.11 Å². The van der Waals surface area contributed by atoms with E-state index in [1.165, 1.54) is 0 Å². The van der Waals surface area contributed by atoms with Crippen molar-refractivity contribution in [3.8, 4) is 11.5 Å². The van der Waals surface area contributed by atoms with Gasteiger partial charge in [0.05, 0.1) is 13.2 Å². The maximum absolute atomic E-state index is 12.1. The molecule has 1 fully saturated rings. The van der Waals surface area contributed by atoms with Crippen LogP contribution in [0.1, 0.15) is 20.8 Å². The third-order valence-corrected chi connectivity index (χ3v) is 4.50. The molecule has 1 atom stereocenters. The standard InChI is InChI=1S/C19H31N3O3/c1-15(2)20-19(23)16(3)22-11-9-21(10-12-22)13-14-25-18-7-5-17(24-4)6-8-18/h5-8,15-16H,9-14H2,1-4H3,(H,20,23)/t16-/m1/s1. The smallest absolute Gasteiger partial charge is 0.237 e. The Bertz CT molecular complexity index is 525. The van der Waals surface area contributed by atoms with E-state index in [4.69, 9.17) is 9.47 Å². The maximum Gasteiger partial charge on any atom is 0.237 e. The summed E-state index contributed by atoms with van der Waals surface area (Å²) in [4.78, 5) is 16.7. The van der Waals surface area contributed by atoms with Gasteiger partial charge in [0.2, 0.25) is 5.91 Å². The molecule has 0 spiro atoms. The van der Waals surface area contributed by atoms with E-state index in [2.05, 4.69) is 15.1 Å². The minimum atomic E-state index is -0.0694. The normalized spacial score (nSPS) is 17.3. The summed E-state index contributed by atoms with van der Waals surface area (Å²) < 4.78 is 10.9. The highest BCUT2D eigenvalue weighted by atomic mass is 16.5. The molecule has 0 aromatic heterocycles. The van der Waals surface area contributed by atoms with Gasteiger partial charge in [-0.15, -0.1) is 0 Å². The van der Waals surface area contributed by atoms with Gasteiger partial charge in [-0.1, -0.05) is 0 Å². The van der Waals surface area contributed by atoms with Gasteiger partial charge in [-0.25, -0.2) is 0 Å². The van der Waals surface area contributed by atoms with Gasteiger partial charge in [0, 0.05) is 38.8 Å². The number of carbonyl (C=O) groups excluding carboxylic acids is 1. The number of piperazine rings is 1. The zero-order valence-corrected chi connectivity index (χ0v) is 15.8. The molecule has 6 heteroatoms. The van der Waals surface area contributed by atoms with Crippen LogP contribution in [0.2, 0.25) is 0 Å². The molecule has 0 bridgehead atoms. The first-order chi connectivity index (χ1) is 12.0. The molecule has 0 radical (unpaired) electrons. The number of rotatable bonds is 8. The predicted octanol–water partition coefficient (Wildman–Crippen LogP) is 1.60. The van der Waals surface area contributed by atoms with Crippen LogP contribution in [0.5, 0.6) is 11.5 Å². The molecular weight excluding hydrogens is 318 g/mol. The van der Waals surface area contributed by atoms with E-state index in [-0.39, 0.29) is 18.0 Å². The summed E-state index contributed by atoms with van der Waals surface area (Å²) in [5.74, 6) is 1.81. The highest BCUT2D eigenvalue weighted by molar-refractivity contribution is 5.81. The van der Waals surface area contributed by atoms with Gasteiger partial charge in [0.1, 0.15) is 18.1 Å². The van der Waals surface area contributed by atoms with Crippen molar-refractivity contribution in [2.24, 2.45) is 0 Å². The molecule has 0 saturated carbocycles. The zero-order chi connectivity index (χ0) is 18.2. The average molecular weight is 349 g/mol. The minimum absolute atomic E-state index is 0.0694. The summed E-state index contributed by atoms with van der Waals surface area (Å²) in [6.45, 7) is 11.3. The van der Waals surface area contributed by atoms with E-state index in [9.17, 15) is 4.79 Å². The molecule has 0 aliphatic carbocycles. The van der Waals surface area contributed by atoms with Crippen molar-refractivity contribution in [1.82, 2.24) is 15.1 Å². The van der Waals surface area contributed by atoms with Crippen molar-refractivity contribution in [1.29, 1.82) is 0 Å². The molecule has 1 heterocycles. The second-order valence-corrected chi connectivity index (χ2v) is 6.74. The van der Waals surface area contributed by atoms with Crippen molar-refractivity contribution < 1.29 is 14.3 Å². The van der Waals surface area contributed by atoms with Gasteiger partial charge in [0.15, 0.2) is 0 Å². The zero-order valence-electron chi connectivity index (χ0n) is 15.8. The van der Waals surface area contributed by atoms with Gasteiger partial charge in [-0.05, 0) is 45.0 Å². The second-order valence-electron chi connectivity index (χ2n) is 6.74. The lowest BCUT2D eigenvalue weighted by Gasteiger charge is -2.37. The SMILES string of the molecule is COc1ccc(OCCN2CCN([C@H](C)C(=O)NC(C)C)CC2)cc1. The van der Waals surface area contributed by atoms with E-state index in [0.717, 1.165) is 44.2 Å². The quantitative estimate of drug-likeness (QED) is 0.773. The Kier molecular flexibility index (Phi) is 7.52. The lowest BCUT2D eigenvalue weighted by atomic mass is 10.2. The van der Waals surface area contributed by atoms with Crippen LogP contribution < -0.4 is 14.8 Å². The van der Waals surface area contributed by atoms with Crippen molar-refractivity contribution in [3.05, 3.63) is 24.3 Å². The van der Waals surface area contributed by atoms with Gasteiger partial charge >= 0.3 is 0 Å². The van der Waals surface area contributed by atoms with Crippen LogP contribution >= 0.6 is 0 Å². The third-order valence-electron chi connectivity index (χ3n) is 4.50. The third kappa shape index (κ3) is 6.21. The number of amides is 1. The van der Waals surface area contributed by atoms with Crippen LogP contribution in [0.15, 0.2) is 24.3 Å². The molecular formula is C19H31N3O3. The molecule has 140 valence electrons. The van der Waals surface area contributed by atoms with Crippen molar-refractivity contribution in [3.63, 3.8) is 0 Å². The number of nitrogens with zero attached hydrogens (tertiary/aromatic N) is 2. The number of hydrogen-bond acceptors (Lipinski definition) is 5. The van der Waals surface area contributed by atoms with Crippen LogP contribution in [0.4, 0.5) is 0 Å². The molecule has 0 unspecified atom stereocenters. The summed E-state index contributed by atoms with van der Waals surface area (Å²) in [6.07, 6.45) is 0. The van der Waals surface area contributed by atoms with Crippen molar-refractivity contribution in [2.45, 2.75) is 32.9 Å². The fourth-order valence-electron chi connectivity index (χ4n) is 2.91. The lowest BCUT2D eigenvalue weighted by Crippen LogP contribution is -2.54. The molecule has 1 amide bonds.